The van der Waals surface area contributed by atoms with E-state index in [0.717, 1.165) is 8.66 Å². The van der Waals surface area contributed by atoms with Gasteiger partial charge in [-0.05, 0) is 40.9 Å². The van der Waals surface area contributed by atoms with Crippen LogP contribution in [0.15, 0.2) is 20.3 Å². The molecule has 84 valence electrons. The molecule has 0 bridgehead atoms. The van der Waals surface area contributed by atoms with Crippen LogP contribution < -0.4 is 5.32 Å². The van der Waals surface area contributed by atoms with Gasteiger partial charge in [-0.1, -0.05) is 0 Å². The van der Waals surface area contributed by atoms with Crippen LogP contribution in [0.5, 0.6) is 0 Å². The van der Waals surface area contributed by atoms with Gasteiger partial charge in [-0.2, -0.15) is 0 Å². The van der Waals surface area contributed by atoms with E-state index in [-0.39, 0.29) is 0 Å². The molecular weight excluding hydrogens is 290 g/mol. The first-order valence-corrected chi connectivity index (χ1v) is 6.74. The minimum atomic E-state index is 0.600. The van der Waals surface area contributed by atoms with Gasteiger partial charge in [0, 0.05) is 6.04 Å². The van der Waals surface area contributed by atoms with E-state index in [1.807, 2.05) is 12.1 Å². The Kier molecular flexibility index (Phi) is 2.79. The SMILES string of the molecule is Brc1ccc(-c2nnc(CNC3CC3)o2)s1. The molecule has 0 unspecified atom stereocenters. The second-order valence-corrected chi connectivity index (χ2v) is 6.22. The maximum Gasteiger partial charge on any atom is 0.257 e. The molecule has 1 aliphatic carbocycles. The summed E-state index contributed by atoms with van der Waals surface area (Å²) < 4.78 is 6.63. The first kappa shape index (κ1) is 10.4. The van der Waals surface area contributed by atoms with Crippen LogP contribution in [0.3, 0.4) is 0 Å². The van der Waals surface area contributed by atoms with Crippen LogP contribution >= 0.6 is 27.3 Å². The van der Waals surface area contributed by atoms with Crippen molar-refractivity contribution in [1.29, 1.82) is 0 Å². The van der Waals surface area contributed by atoms with Crippen molar-refractivity contribution in [1.82, 2.24) is 15.5 Å². The molecule has 2 heterocycles. The normalized spacial score (nSPS) is 15.6. The Bertz CT molecular complexity index is 492. The highest BCUT2D eigenvalue weighted by atomic mass is 79.9. The Morgan fingerprint density at radius 1 is 1.44 bits per heavy atom. The van der Waals surface area contributed by atoms with E-state index in [1.54, 1.807) is 11.3 Å². The lowest BCUT2D eigenvalue weighted by atomic mass is 10.5. The van der Waals surface area contributed by atoms with Crippen molar-refractivity contribution in [2.45, 2.75) is 25.4 Å². The Morgan fingerprint density at radius 2 is 2.31 bits per heavy atom. The first-order valence-electron chi connectivity index (χ1n) is 5.13. The summed E-state index contributed by atoms with van der Waals surface area (Å²) in [5.74, 6) is 1.26. The van der Waals surface area contributed by atoms with Gasteiger partial charge < -0.3 is 9.73 Å². The minimum Gasteiger partial charge on any atom is -0.419 e. The van der Waals surface area contributed by atoms with Crippen LogP contribution in [-0.4, -0.2) is 16.2 Å². The number of hydrogen-bond donors (Lipinski definition) is 1. The molecule has 0 saturated heterocycles. The Morgan fingerprint density at radius 3 is 3.00 bits per heavy atom. The van der Waals surface area contributed by atoms with Crippen molar-refractivity contribution in [3.8, 4) is 10.8 Å². The zero-order chi connectivity index (χ0) is 11.0. The van der Waals surface area contributed by atoms with Crippen LogP contribution in [-0.2, 0) is 6.54 Å². The fourth-order valence-electron chi connectivity index (χ4n) is 1.37. The molecule has 0 aliphatic heterocycles. The molecule has 0 aromatic carbocycles. The molecule has 1 N–H and O–H groups in total. The van der Waals surface area contributed by atoms with Gasteiger partial charge in [0.15, 0.2) is 0 Å². The molecule has 4 nitrogen and oxygen atoms in total. The molecular formula is C10H10BrN3OS. The number of thiophene rings is 1. The summed E-state index contributed by atoms with van der Waals surface area (Å²) in [6.45, 7) is 0.671. The van der Waals surface area contributed by atoms with Crippen LogP contribution in [0, 0.1) is 0 Å². The van der Waals surface area contributed by atoms with E-state index in [2.05, 4.69) is 31.4 Å². The highest BCUT2D eigenvalue weighted by Crippen LogP contribution is 2.30. The molecule has 6 heteroatoms. The average Bonchev–Trinajstić information content (AvgIpc) is 2.81. The van der Waals surface area contributed by atoms with E-state index >= 15 is 0 Å². The maximum absolute atomic E-state index is 5.57. The molecule has 3 rings (SSSR count). The highest BCUT2D eigenvalue weighted by molar-refractivity contribution is 9.11. The smallest absolute Gasteiger partial charge is 0.257 e. The molecule has 2 aromatic heterocycles. The summed E-state index contributed by atoms with van der Waals surface area (Å²) in [6, 6.07) is 4.61. The third kappa shape index (κ3) is 2.34. The summed E-state index contributed by atoms with van der Waals surface area (Å²) in [5.41, 5.74) is 0. The topological polar surface area (TPSA) is 51.0 Å². The molecule has 0 atom stereocenters. The van der Waals surface area contributed by atoms with Crippen molar-refractivity contribution in [3.05, 3.63) is 21.8 Å². The van der Waals surface area contributed by atoms with Gasteiger partial charge in [0.1, 0.15) is 0 Å². The monoisotopic (exact) mass is 299 g/mol. The van der Waals surface area contributed by atoms with Gasteiger partial charge in [-0.25, -0.2) is 0 Å². The van der Waals surface area contributed by atoms with Gasteiger partial charge in [0.2, 0.25) is 5.89 Å². The van der Waals surface area contributed by atoms with Crippen LogP contribution in [0.4, 0.5) is 0 Å². The second kappa shape index (κ2) is 4.27. The molecule has 2 aromatic rings. The van der Waals surface area contributed by atoms with Crippen molar-refractivity contribution < 1.29 is 4.42 Å². The fraction of sp³-hybridized carbons (Fsp3) is 0.400. The zero-order valence-corrected chi connectivity index (χ0v) is 10.8. The minimum absolute atomic E-state index is 0.600. The Labute approximate surface area is 105 Å². The van der Waals surface area contributed by atoms with Gasteiger partial charge in [0.05, 0.1) is 15.2 Å². The molecule has 1 saturated carbocycles. The average molecular weight is 300 g/mol. The van der Waals surface area contributed by atoms with Crippen LogP contribution in [0.25, 0.3) is 10.8 Å². The van der Waals surface area contributed by atoms with E-state index in [9.17, 15) is 0 Å². The van der Waals surface area contributed by atoms with E-state index < -0.39 is 0 Å². The molecule has 1 aliphatic rings. The fourth-order valence-corrected chi connectivity index (χ4v) is 2.68. The lowest BCUT2D eigenvalue weighted by Gasteiger charge is -1.95. The van der Waals surface area contributed by atoms with E-state index in [1.165, 1.54) is 12.8 Å². The third-order valence-electron chi connectivity index (χ3n) is 2.37. The Balaban J connectivity index is 1.71. The number of aromatic nitrogens is 2. The molecule has 0 spiro atoms. The summed E-state index contributed by atoms with van der Waals surface area (Å²) in [4.78, 5) is 0.997. The number of nitrogens with zero attached hydrogens (tertiary/aromatic N) is 2. The third-order valence-corrected chi connectivity index (χ3v) is 3.98. The van der Waals surface area contributed by atoms with E-state index in [0.29, 0.717) is 24.4 Å². The van der Waals surface area contributed by atoms with Gasteiger partial charge in [0.25, 0.3) is 5.89 Å². The largest absolute Gasteiger partial charge is 0.419 e. The molecule has 1 fully saturated rings. The molecule has 16 heavy (non-hydrogen) atoms. The standard InChI is InChI=1S/C10H10BrN3OS/c11-8-4-3-7(16-8)10-14-13-9(15-10)5-12-6-1-2-6/h3-4,6,12H,1-2,5H2. The number of halogens is 1. The van der Waals surface area contributed by atoms with Crippen LogP contribution in [0.1, 0.15) is 18.7 Å². The summed E-state index contributed by atoms with van der Waals surface area (Å²) in [5, 5.41) is 11.4. The lowest BCUT2D eigenvalue weighted by molar-refractivity contribution is 0.477. The van der Waals surface area contributed by atoms with E-state index in [4.69, 9.17) is 4.42 Å². The van der Waals surface area contributed by atoms with Gasteiger partial charge in [-0.15, -0.1) is 21.5 Å². The quantitative estimate of drug-likeness (QED) is 0.943. The highest BCUT2D eigenvalue weighted by Gasteiger charge is 2.21. The predicted octanol–water partition coefficient (Wildman–Crippen LogP) is 2.81. The molecule has 0 radical (unpaired) electrons. The summed E-state index contributed by atoms with van der Waals surface area (Å²) >= 11 is 5.00. The second-order valence-electron chi connectivity index (χ2n) is 3.76. The number of rotatable bonds is 4. The van der Waals surface area contributed by atoms with Crippen molar-refractivity contribution in [2.75, 3.05) is 0 Å². The van der Waals surface area contributed by atoms with Crippen molar-refractivity contribution >= 4 is 27.3 Å². The predicted molar refractivity (Wildman–Crippen MR) is 65.2 cm³/mol. The summed E-state index contributed by atoms with van der Waals surface area (Å²) in [7, 11) is 0. The number of nitrogens with one attached hydrogen (secondary N) is 1. The van der Waals surface area contributed by atoms with Crippen LogP contribution in [0.2, 0.25) is 0 Å². The van der Waals surface area contributed by atoms with Gasteiger partial charge >= 0.3 is 0 Å². The molecule has 0 amide bonds. The maximum atomic E-state index is 5.57. The lowest BCUT2D eigenvalue weighted by Crippen LogP contribution is -2.15. The Hall–Kier alpha value is -0.720. The van der Waals surface area contributed by atoms with Crippen molar-refractivity contribution in [3.63, 3.8) is 0 Å². The zero-order valence-electron chi connectivity index (χ0n) is 8.44. The number of hydrogen-bond acceptors (Lipinski definition) is 5. The van der Waals surface area contributed by atoms with Gasteiger partial charge in [-0.3, -0.25) is 0 Å². The first-order chi connectivity index (χ1) is 7.81. The summed E-state index contributed by atoms with van der Waals surface area (Å²) in [6.07, 6.45) is 2.53. The van der Waals surface area contributed by atoms with Crippen molar-refractivity contribution in [2.24, 2.45) is 0 Å².